The summed E-state index contributed by atoms with van der Waals surface area (Å²) in [7, 11) is 3.61. The van der Waals surface area contributed by atoms with Crippen LogP contribution >= 0.6 is 0 Å². The quantitative estimate of drug-likeness (QED) is 0.662. The Balaban J connectivity index is 2.67. The second-order valence-electron chi connectivity index (χ2n) is 2.66. The standard InChI is InChI=1S/C7H13N5O/c1-5(13)9-4-6-10-11-7(8-2)12(6)3/h4H2,1-3H3,(H,8,11)(H,9,13). The molecule has 0 aliphatic rings. The number of nitrogens with zero attached hydrogens (tertiary/aromatic N) is 3. The normalized spacial score (nSPS) is 9.77. The van der Waals surface area contributed by atoms with Crippen LogP contribution in [0.25, 0.3) is 0 Å². The Labute approximate surface area is 76.3 Å². The van der Waals surface area contributed by atoms with Crippen molar-refractivity contribution in [2.24, 2.45) is 7.05 Å². The van der Waals surface area contributed by atoms with E-state index >= 15 is 0 Å². The van der Waals surface area contributed by atoms with Crippen LogP contribution in [-0.4, -0.2) is 27.7 Å². The molecule has 1 aromatic heterocycles. The average molecular weight is 183 g/mol. The van der Waals surface area contributed by atoms with E-state index in [4.69, 9.17) is 0 Å². The summed E-state index contributed by atoms with van der Waals surface area (Å²) < 4.78 is 1.79. The van der Waals surface area contributed by atoms with Gasteiger partial charge in [0.05, 0.1) is 6.54 Å². The van der Waals surface area contributed by atoms with Crippen molar-refractivity contribution in [3.8, 4) is 0 Å². The van der Waals surface area contributed by atoms with Crippen molar-refractivity contribution < 1.29 is 4.79 Å². The van der Waals surface area contributed by atoms with Crippen LogP contribution in [0.2, 0.25) is 0 Å². The predicted molar refractivity (Wildman–Crippen MR) is 48.1 cm³/mol. The molecule has 0 bridgehead atoms. The average Bonchev–Trinajstić information content (AvgIpc) is 2.43. The fourth-order valence-corrected chi connectivity index (χ4v) is 0.937. The van der Waals surface area contributed by atoms with E-state index in [2.05, 4.69) is 20.8 Å². The Morgan fingerprint density at radius 1 is 1.54 bits per heavy atom. The summed E-state index contributed by atoms with van der Waals surface area (Å²) in [4.78, 5) is 10.6. The molecule has 1 aromatic rings. The summed E-state index contributed by atoms with van der Waals surface area (Å²) in [6, 6.07) is 0. The molecule has 0 atom stereocenters. The summed E-state index contributed by atoms with van der Waals surface area (Å²) >= 11 is 0. The van der Waals surface area contributed by atoms with Crippen LogP contribution in [0.3, 0.4) is 0 Å². The molecule has 0 aliphatic carbocycles. The molecule has 0 spiro atoms. The van der Waals surface area contributed by atoms with Gasteiger partial charge < -0.3 is 10.6 Å². The SMILES string of the molecule is CNc1nnc(CNC(C)=O)n1C. The molecular formula is C7H13N5O. The van der Waals surface area contributed by atoms with Gasteiger partial charge in [0.1, 0.15) is 0 Å². The van der Waals surface area contributed by atoms with Crippen LogP contribution < -0.4 is 10.6 Å². The van der Waals surface area contributed by atoms with E-state index in [1.807, 2.05) is 7.05 Å². The minimum Gasteiger partial charge on any atom is -0.357 e. The number of anilines is 1. The third-order valence-electron chi connectivity index (χ3n) is 1.68. The highest BCUT2D eigenvalue weighted by Crippen LogP contribution is 2.02. The number of hydrogen-bond donors (Lipinski definition) is 2. The zero-order valence-corrected chi connectivity index (χ0v) is 7.96. The number of carbonyl (C=O) groups excluding carboxylic acids is 1. The molecule has 13 heavy (non-hydrogen) atoms. The summed E-state index contributed by atoms with van der Waals surface area (Å²) in [6.07, 6.45) is 0. The van der Waals surface area contributed by atoms with Gasteiger partial charge in [-0.15, -0.1) is 10.2 Å². The lowest BCUT2D eigenvalue weighted by Crippen LogP contribution is -2.21. The van der Waals surface area contributed by atoms with Gasteiger partial charge in [0, 0.05) is 21.0 Å². The molecule has 6 nitrogen and oxygen atoms in total. The van der Waals surface area contributed by atoms with Gasteiger partial charge in [-0.3, -0.25) is 9.36 Å². The fourth-order valence-electron chi connectivity index (χ4n) is 0.937. The first-order valence-corrected chi connectivity index (χ1v) is 3.95. The van der Waals surface area contributed by atoms with Gasteiger partial charge in [-0.25, -0.2) is 0 Å². The molecule has 0 radical (unpaired) electrons. The summed E-state index contributed by atoms with van der Waals surface area (Å²) in [5, 5.41) is 13.3. The molecule has 0 aliphatic heterocycles. The van der Waals surface area contributed by atoms with Crippen LogP contribution in [0.15, 0.2) is 0 Å². The second kappa shape index (κ2) is 3.88. The highest BCUT2D eigenvalue weighted by Gasteiger charge is 2.06. The van der Waals surface area contributed by atoms with Crippen LogP contribution in [-0.2, 0) is 18.4 Å². The maximum absolute atomic E-state index is 10.6. The molecule has 0 fully saturated rings. The Kier molecular flexibility index (Phi) is 2.84. The van der Waals surface area contributed by atoms with Gasteiger partial charge in [0.15, 0.2) is 5.82 Å². The van der Waals surface area contributed by atoms with Crippen molar-refractivity contribution in [1.29, 1.82) is 0 Å². The minimum atomic E-state index is -0.0750. The molecule has 0 saturated carbocycles. The third kappa shape index (κ3) is 2.17. The van der Waals surface area contributed by atoms with E-state index in [9.17, 15) is 4.79 Å². The smallest absolute Gasteiger partial charge is 0.224 e. The third-order valence-corrected chi connectivity index (χ3v) is 1.68. The van der Waals surface area contributed by atoms with E-state index in [0.29, 0.717) is 12.5 Å². The molecule has 1 amide bonds. The molecule has 0 saturated heterocycles. The van der Waals surface area contributed by atoms with Gasteiger partial charge in [-0.1, -0.05) is 0 Å². The van der Waals surface area contributed by atoms with Crippen LogP contribution in [0.5, 0.6) is 0 Å². The van der Waals surface area contributed by atoms with Crippen molar-refractivity contribution >= 4 is 11.9 Å². The first-order valence-electron chi connectivity index (χ1n) is 3.95. The van der Waals surface area contributed by atoms with E-state index in [0.717, 1.165) is 5.82 Å². The van der Waals surface area contributed by atoms with Crippen LogP contribution in [0, 0.1) is 0 Å². The van der Waals surface area contributed by atoms with Crippen molar-refractivity contribution in [2.75, 3.05) is 12.4 Å². The van der Waals surface area contributed by atoms with Crippen molar-refractivity contribution in [2.45, 2.75) is 13.5 Å². The highest BCUT2D eigenvalue weighted by atomic mass is 16.1. The molecule has 0 unspecified atom stereocenters. The lowest BCUT2D eigenvalue weighted by molar-refractivity contribution is -0.119. The zero-order chi connectivity index (χ0) is 9.84. The molecule has 1 rings (SSSR count). The highest BCUT2D eigenvalue weighted by molar-refractivity contribution is 5.72. The van der Waals surface area contributed by atoms with Gasteiger partial charge in [-0.2, -0.15) is 0 Å². The van der Waals surface area contributed by atoms with Gasteiger partial charge in [-0.05, 0) is 0 Å². The fraction of sp³-hybridized carbons (Fsp3) is 0.571. The van der Waals surface area contributed by atoms with E-state index in [-0.39, 0.29) is 5.91 Å². The lowest BCUT2D eigenvalue weighted by Gasteiger charge is -2.02. The zero-order valence-electron chi connectivity index (χ0n) is 7.96. The van der Waals surface area contributed by atoms with Gasteiger partial charge in [0.25, 0.3) is 0 Å². The van der Waals surface area contributed by atoms with E-state index in [1.165, 1.54) is 6.92 Å². The molecule has 1 heterocycles. The molecule has 0 aromatic carbocycles. The van der Waals surface area contributed by atoms with Gasteiger partial charge >= 0.3 is 0 Å². The summed E-state index contributed by atoms with van der Waals surface area (Å²) in [6.45, 7) is 1.87. The van der Waals surface area contributed by atoms with Gasteiger partial charge in [0.2, 0.25) is 11.9 Å². The maximum atomic E-state index is 10.6. The number of aromatic nitrogens is 3. The van der Waals surface area contributed by atoms with Crippen LogP contribution in [0.4, 0.5) is 5.95 Å². The van der Waals surface area contributed by atoms with Crippen molar-refractivity contribution in [3.63, 3.8) is 0 Å². The molecular weight excluding hydrogens is 170 g/mol. The van der Waals surface area contributed by atoms with Crippen molar-refractivity contribution in [3.05, 3.63) is 5.82 Å². The Morgan fingerprint density at radius 2 is 2.23 bits per heavy atom. The van der Waals surface area contributed by atoms with E-state index in [1.54, 1.807) is 11.6 Å². The minimum absolute atomic E-state index is 0.0750. The lowest BCUT2D eigenvalue weighted by atomic mass is 10.5. The number of carbonyl (C=O) groups is 1. The number of amides is 1. The molecule has 6 heteroatoms. The predicted octanol–water partition coefficient (Wildman–Crippen LogP) is -0.507. The first-order chi connectivity index (χ1) is 6.15. The van der Waals surface area contributed by atoms with Crippen molar-refractivity contribution in [1.82, 2.24) is 20.1 Å². The largest absolute Gasteiger partial charge is 0.357 e. The topological polar surface area (TPSA) is 71.8 Å². The maximum Gasteiger partial charge on any atom is 0.224 e. The number of nitrogens with one attached hydrogen (secondary N) is 2. The number of rotatable bonds is 3. The summed E-state index contributed by atoms with van der Waals surface area (Å²) in [5.41, 5.74) is 0. The summed E-state index contributed by atoms with van der Waals surface area (Å²) in [5.74, 6) is 1.33. The first kappa shape index (κ1) is 9.50. The van der Waals surface area contributed by atoms with E-state index < -0.39 is 0 Å². The monoisotopic (exact) mass is 183 g/mol. The number of hydrogen-bond acceptors (Lipinski definition) is 4. The Morgan fingerprint density at radius 3 is 2.69 bits per heavy atom. The molecule has 72 valence electrons. The Bertz CT molecular complexity index is 306. The Hall–Kier alpha value is -1.59. The van der Waals surface area contributed by atoms with Crippen LogP contribution in [0.1, 0.15) is 12.7 Å². The second-order valence-corrected chi connectivity index (χ2v) is 2.66. The molecule has 2 N–H and O–H groups in total.